The normalized spacial score (nSPS) is 17.1. The standard InChI is InChI=1S/C42H43N11O9S2/c1-5-52(6-2)30-17-19-32(34(54)23-30)48-44-26-9-13-28(14-10-26)46-50-40-36(63(57,58)59)21-25-22-37(64(60,61)62)41(42(56)38(25)39(40)43)51-47-29-15-11-27(12-16-29)45-49-33-20-18-31(24-35(33)55)53(7-3)8-4/h9-24,44-45,47H,5-8,43H2,1-4H3,(H,57,58,59)(H,60,61,62)/b48-32+,49-33+,50-46?,51-41-. The molecule has 3 aliphatic carbocycles. The van der Waals surface area contributed by atoms with Crippen LogP contribution in [0.3, 0.4) is 0 Å². The lowest BCUT2D eigenvalue weighted by molar-refractivity contribution is -0.109. The molecular formula is C42H43N11O9S2. The second-order valence-corrected chi connectivity index (χ2v) is 16.7. The maximum atomic E-state index is 14.0. The van der Waals surface area contributed by atoms with E-state index in [9.17, 15) is 40.3 Å². The third-order valence-corrected chi connectivity index (χ3v) is 11.7. The van der Waals surface area contributed by atoms with Crippen LogP contribution in [-0.2, 0) is 29.8 Å². The number of rotatable bonds is 16. The second-order valence-electron chi connectivity index (χ2n) is 13.9. The van der Waals surface area contributed by atoms with Crippen LogP contribution in [0.4, 0.5) is 34.1 Å². The van der Waals surface area contributed by atoms with Gasteiger partial charge in [-0.05, 0) is 118 Å². The predicted molar refractivity (Wildman–Crippen MR) is 245 cm³/mol. The molecule has 0 atom stereocenters. The number of anilines is 4. The van der Waals surface area contributed by atoms with Gasteiger partial charge in [0, 0.05) is 49.7 Å². The Morgan fingerprint density at radius 1 is 0.609 bits per heavy atom. The number of nitrogens with two attached hydrogens (primary N) is 1. The zero-order valence-electron chi connectivity index (χ0n) is 34.8. The molecule has 0 fully saturated rings. The summed E-state index contributed by atoms with van der Waals surface area (Å²) >= 11 is 0. The van der Waals surface area contributed by atoms with Crippen molar-refractivity contribution >= 4 is 94.9 Å². The number of ketones is 3. The van der Waals surface area contributed by atoms with E-state index in [1.807, 2.05) is 37.5 Å². The number of allylic oxidation sites excluding steroid dienone is 7. The highest BCUT2D eigenvalue weighted by Gasteiger charge is 2.37. The first-order valence-electron chi connectivity index (χ1n) is 19.6. The molecule has 3 aliphatic rings. The number of hydrogen-bond acceptors (Lipinski definition) is 18. The van der Waals surface area contributed by atoms with Crippen molar-refractivity contribution in [2.45, 2.75) is 32.6 Å². The summed E-state index contributed by atoms with van der Waals surface area (Å²) in [5.41, 5.74) is 14.8. The van der Waals surface area contributed by atoms with Gasteiger partial charge in [-0.15, -0.1) is 5.11 Å². The van der Waals surface area contributed by atoms with E-state index in [0.29, 0.717) is 11.4 Å². The number of carbonyl (C=O) groups excluding carboxylic acids is 3. The van der Waals surface area contributed by atoms with Crippen molar-refractivity contribution in [2.24, 2.45) is 25.5 Å². The number of carbonyl (C=O) groups is 3. The Bertz CT molecular complexity index is 2910. The van der Waals surface area contributed by atoms with Crippen LogP contribution in [0.15, 0.2) is 138 Å². The van der Waals surface area contributed by atoms with Gasteiger partial charge in [-0.2, -0.15) is 37.3 Å². The molecule has 0 saturated heterocycles. The van der Waals surface area contributed by atoms with Gasteiger partial charge in [0.25, 0.3) is 20.2 Å². The van der Waals surface area contributed by atoms with Crippen molar-refractivity contribution in [1.29, 1.82) is 0 Å². The number of hydrogen-bond donors (Lipinski definition) is 6. The van der Waals surface area contributed by atoms with Gasteiger partial charge in [-0.25, -0.2) is 0 Å². The molecule has 22 heteroatoms. The Morgan fingerprint density at radius 2 is 1.06 bits per heavy atom. The molecule has 3 aromatic rings. The third kappa shape index (κ3) is 10.4. The molecule has 0 aliphatic heterocycles. The van der Waals surface area contributed by atoms with Crippen LogP contribution in [0.2, 0.25) is 0 Å². The molecule has 0 amide bonds. The predicted octanol–water partition coefficient (Wildman–Crippen LogP) is 6.09. The van der Waals surface area contributed by atoms with Crippen LogP contribution >= 0.6 is 0 Å². The summed E-state index contributed by atoms with van der Waals surface area (Å²) < 4.78 is 70.4. The minimum Gasteiger partial charge on any atom is -0.396 e. The Hall–Kier alpha value is -7.40. The van der Waals surface area contributed by atoms with Gasteiger partial charge in [0.1, 0.15) is 26.9 Å². The summed E-state index contributed by atoms with van der Waals surface area (Å²) in [4.78, 5) is 41.4. The van der Waals surface area contributed by atoms with Crippen LogP contribution in [0.5, 0.6) is 0 Å². The van der Waals surface area contributed by atoms with Crippen LogP contribution in [-0.4, -0.2) is 96.4 Å². The fourth-order valence-corrected chi connectivity index (χ4v) is 7.89. The molecule has 0 unspecified atom stereocenters. The summed E-state index contributed by atoms with van der Waals surface area (Å²) in [5, 5.41) is 20.3. The molecule has 332 valence electrons. The summed E-state index contributed by atoms with van der Waals surface area (Å²) in [6.07, 6.45) is 10.6. The highest BCUT2D eigenvalue weighted by atomic mass is 32.2. The lowest BCUT2D eigenvalue weighted by atomic mass is 9.92. The summed E-state index contributed by atoms with van der Waals surface area (Å²) in [6.45, 7) is 10.9. The van der Waals surface area contributed by atoms with Gasteiger partial charge in [-0.1, -0.05) is 0 Å². The fourth-order valence-electron chi connectivity index (χ4n) is 6.56. The average Bonchev–Trinajstić information content (AvgIpc) is 3.26. The lowest BCUT2D eigenvalue weighted by Gasteiger charge is -2.23. The molecule has 0 aromatic heterocycles. The van der Waals surface area contributed by atoms with E-state index in [2.05, 4.69) is 41.8 Å². The second kappa shape index (κ2) is 19.3. The quantitative estimate of drug-likeness (QED) is 0.0312. The fraction of sp³-hybridized carbons (Fsp3) is 0.190. The molecule has 7 N–H and O–H groups in total. The Labute approximate surface area is 368 Å². The van der Waals surface area contributed by atoms with Crippen LogP contribution in [0.25, 0.3) is 6.08 Å². The molecule has 3 aromatic carbocycles. The van der Waals surface area contributed by atoms with E-state index in [1.165, 1.54) is 36.4 Å². The molecule has 0 radical (unpaired) electrons. The van der Waals surface area contributed by atoms with E-state index in [4.69, 9.17) is 5.73 Å². The smallest absolute Gasteiger partial charge is 0.296 e. The minimum absolute atomic E-state index is 0.165. The molecule has 20 nitrogen and oxygen atoms in total. The monoisotopic (exact) mass is 909 g/mol. The van der Waals surface area contributed by atoms with Crippen molar-refractivity contribution in [3.8, 4) is 0 Å². The maximum Gasteiger partial charge on any atom is 0.296 e. The number of nitrogens with zero attached hydrogens (tertiary/aromatic N) is 7. The molecule has 0 spiro atoms. The Morgan fingerprint density at radius 3 is 1.48 bits per heavy atom. The maximum absolute atomic E-state index is 14.0. The number of benzene rings is 3. The van der Waals surface area contributed by atoms with E-state index in [-0.39, 0.29) is 39.9 Å². The number of nitrogens with one attached hydrogen (secondary N) is 3. The first-order valence-corrected chi connectivity index (χ1v) is 22.5. The molecular weight excluding hydrogens is 867 g/mol. The number of likely N-dealkylation sites (N-methyl/N-ethyl adjacent to an activating group) is 2. The number of azo groups is 1. The highest BCUT2D eigenvalue weighted by molar-refractivity contribution is 7.91. The SMILES string of the molecule is CCN(CC)C1=CC(=O)/C(=N/Nc2ccc(N=Nc3c(S(=O)(=O)O)cc4c(c3N)C(=O)/C(=N\Nc3ccc(N/N=C5\C=CC(N(CC)CC)=CC5=O)cc3)C(S(=O)(=O)O)=C4)cc2)C=C1. The number of Topliss-reactive ketones (excluding diaryl/α,β-unsaturated/α-hetero) is 1. The van der Waals surface area contributed by atoms with Gasteiger partial charge in [0.05, 0.1) is 34.0 Å². The highest BCUT2D eigenvalue weighted by Crippen LogP contribution is 2.41. The van der Waals surface area contributed by atoms with Crippen molar-refractivity contribution in [2.75, 3.05) is 48.2 Å². The average molecular weight is 910 g/mol. The van der Waals surface area contributed by atoms with Gasteiger partial charge in [0.15, 0.2) is 5.71 Å². The minimum atomic E-state index is -5.17. The molecule has 0 bridgehead atoms. The van der Waals surface area contributed by atoms with Crippen molar-refractivity contribution < 1.29 is 40.3 Å². The van der Waals surface area contributed by atoms with E-state index < -0.39 is 58.5 Å². The van der Waals surface area contributed by atoms with Crippen LogP contribution in [0, 0.1) is 0 Å². The van der Waals surface area contributed by atoms with E-state index >= 15 is 0 Å². The van der Waals surface area contributed by atoms with Gasteiger partial charge < -0.3 is 15.5 Å². The van der Waals surface area contributed by atoms with Crippen LogP contribution < -0.4 is 22.0 Å². The van der Waals surface area contributed by atoms with Gasteiger partial charge >= 0.3 is 0 Å². The van der Waals surface area contributed by atoms with Crippen molar-refractivity contribution in [1.82, 2.24) is 9.80 Å². The van der Waals surface area contributed by atoms with E-state index in [1.54, 1.807) is 48.6 Å². The van der Waals surface area contributed by atoms with Gasteiger partial charge in [0.2, 0.25) is 17.3 Å². The van der Waals surface area contributed by atoms with Crippen molar-refractivity contribution in [3.05, 3.63) is 118 Å². The summed E-state index contributed by atoms with van der Waals surface area (Å²) in [5.74, 6) is -1.70. The molecule has 0 saturated carbocycles. The number of hydrazone groups is 3. The topological polar surface area (TPSA) is 290 Å². The zero-order valence-corrected chi connectivity index (χ0v) is 36.5. The number of nitrogen functional groups attached to an aromatic ring is 1. The third-order valence-electron chi connectivity index (χ3n) is 9.92. The first kappa shape index (κ1) is 46.1. The first-order chi connectivity index (χ1) is 30.4. The largest absolute Gasteiger partial charge is 0.396 e. The summed E-state index contributed by atoms with van der Waals surface area (Å²) in [7, 11) is -10.3. The van der Waals surface area contributed by atoms with Crippen molar-refractivity contribution in [3.63, 3.8) is 0 Å². The van der Waals surface area contributed by atoms with Crippen LogP contribution in [0.1, 0.15) is 43.6 Å². The Kier molecular flexibility index (Phi) is 13.9. The zero-order chi connectivity index (χ0) is 46.3. The molecule has 64 heavy (non-hydrogen) atoms. The summed E-state index contributed by atoms with van der Waals surface area (Å²) in [6, 6.07) is 12.9. The molecule has 6 rings (SSSR count). The lowest BCUT2D eigenvalue weighted by Crippen LogP contribution is -2.28. The van der Waals surface area contributed by atoms with Gasteiger partial charge in [-0.3, -0.25) is 39.8 Å². The Balaban J connectivity index is 1.21. The number of fused-ring (bicyclic) bond motifs is 1. The molecule has 0 heterocycles. The van der Waals surface area contributed by atoms with E-state index in [0.717, 1.165) is 49.7 Å².